The zero-order chi connectivity index (χ0) is 23.6. The highest BCUT2D eigenvalue weighted by Crippen LogP contribution is 2.24. The first-order valence-electron chi connectivity index (χ1n) is 9.94. The summed E-state index contributed by atoms with van der Waals surface area (Å²) in [7, 11) is -7.44. The number of fused-ring (bicyclic) bond motifs is 1. The van der Waals surface area contributed by atoms with Gasteiger partial charge in [-0.25, -0.2) is 26.8 Å². The zero-order valence-corrected chi connectivity index (χ0v) is 19.2. The van der Waals surface area contributed by atoms with Crippen LogP contribution in [0, 0.1) is 0 Å². The maximum atomic E-state index is 13.0. The van der Waals surface area contributed by atoms with Crippen LogP contribution in [0.4, 0.5) is 0 Å². The fraction of sp³-hybridized carbons (Fsp3) is 0.136. The third-order valence-corrected chi connectivity index (χ3v) is 8.55. The number of aromatic nitrogens is 3. The largest absolute Gasteiger partial charge is 0.348 e. The summed E-state index contributed by atoms with van der Waals surface area (Å²) in [5.74, 6) is 0.0355. The molecule has 1 amide bonds. The van der Waals surface area contributed by atoms with Crippen LogP contribution < -0.4 is 5.32 Å². The van der Waals surface area contributed by atoms with Crippen molar-refractivity contribution in [3.05, 3.63) is 84.4 Å². The van der Waals surface area contributed by atoms with Crippen LogP contribution in [0.2, 0.25) is 0 Å². The molecule has 2 aromatic carbocycles. The van der Waals surface area contributed by atoms with Crippen molar-refractivity contribution in [2.75, 3.05) is 5.75 Å². The van der Waals surface area contributed by atoms with Crippen molar-refractivity contribution < 1.29 is 21.6 Å². The summed E-state index contributed by atoms with van der Waals surface area (Å²) >= 11 is 0. The highest BCUT2D eigenvalue weighted by Gasteiger charge is 2.21. The molecule has 0 atom stereocenters. The molecule has 2 aromatic heterocycles. The second kappa shape index (κ2) is 8.75. The van der Waals surface area contributed by atoms with Gasteiger partial charge in [0.25, 0.3) is 5.91 Å². The Hall–Kier alpha value is -3.57. The van der Waals surface area contributed by atoms with Crippen molar-refractivity contribution in [3.63, 3.8) is 0 Å². The van der Waals surface area contributed by atoms with E-state index >= 15 is 0 Å². The number of hydrogen-bond donors (Lipinski definition) is 1. The molecule has 11 heteroatoms. The molecule has 4 aromatic rings. The van der Waals surface area contributed by atoms with E-state index in [1.54, 1.807) is 35.1 Å². The molecule has 0 aliphatic rings. The van der Waals surface area contributed by atoms with Crippen LogP contribution in [-0.2, 0) is 26.2 Å². The van der Waals surface area contributed by atoms with Crippen molar-refractivity contribution in [3.8, 4) is 0 Å². The molecule has 9 nitrogen and oxygen atoms in total. The minimum absolute atomic E-state index is 0.0263. The number of imidazole rings is 1. The van der Waals surface area contributed by atoms with E-state index in [1.807, 2.05) is 0 Å². The van der Waals surface area contributed by atoms with Gasteiger partial charge in [0.15, 0.2) is 9.84 Å². The number of amides is 1. The van der Waals surface area contributed by atoms with Crippen LogP contribution in [0.15, 0.2) is 88.0 Å². The third kappa shape index (κ3) is 4.64. The van der Waals surface area contributed by atoms with E-state index in [2.05, 4.69) is 15.3 Å². The van der Waals surface area contributed by atoms with Gasteiger partial charge in [0.2, 0.25) is 15.6 Å². The zero-order valence-electron chi connectivity index (χ0n) is 17.5. The Kier molecular flexibility index (Phi) is 6.00. The van der Waals surface area contributed by atoms with Gasteiger partial charge in [-0.15, -0.1) is 0 Å². The number of carbonyl (C=O) groups is 1. The van der Waals surface area contributed by atoms with Gasteiger partial charge < -0.3 is 5.32 Å². The fourth-order valence-corrected chi connectivity index (χ4v) is 5.45. The van der Waals surface area contributed by atoms with E-state index in [0.29, 0.717) is 16.9 Å². The Bertz CT molecular complexity index is 1540. The SMILES string of the molecule is CCS(=O)(=O)c1cccc(S(=O)(=O)c2ccc(CNC(=O)c3cnc4nccn4c3)cc2)c1. The standard InChI is InChI=1S/C22H20N4O5S2/c1-2-32(28,29)19-4-3-5-20(12-19)33(30,31)18-8-6-16(7-9-18)13-24-21(27)17-14-25-22-23-10-11-26(22)15-17/h3-12,14-15H,2,13H2,1H3,(H,24,27). The third-order valence-electron chi connectivity index (χ3n) is 5.05. The summed E-state index contributed by atoms with van der Waals surface area (Å²) in [4.78, 5) is 20.4. The minimum Gasteiger partial charge on any atom is -0.348 e. The molecule has 4 rings (SSSR count). The molecule has 1 N–H and O–H groups in total. The van der Waals surface area contributed by atoms with Gasteiger partial charge in [-0.2, -0.15) is 0 Å². The van der Waals surface area contributed by atoms with Gasteiger partial charge in [0.05, 0.1) is 26.0 Å². The average molecular weight is 485 g/mol. The molecule has 170 valence electrons. The molecule has 0 aliphatic heterocycles. The number of rotatable bonds is 7. The Morgan fingerprint density at radius 1 is 0.970 bits per heavy atom. The van der Waals surface area contributed by atoms with Crippen LogP contribution in [0.3, 0.4) is 0 Å². The van der Waals surface area contributed by atoms with Crippen molar-refractivity contribution >= 4 is 31.4 Å². The summed E-state index contributed by atoms with van der Waals surface area (Å²) in [5.41, 5.74) is 1.06. The molecule has 2 heterocycles. The van der Waals surface area contributed by atoms with Crippen LogP contribution in [0.1, 0.15) is 22.8 Å². The molecule has 33 heavy (non-hydrogen) atoms. The lowest BCUT2D eigenvalue weighted by molar-refractivity contribution is 0.0950. The normalized spacial score (nSPS) is 12.0. The lowest BCUT2D eigenvalue weighted by Gasteiger charge is -2.09. The van der Waals surface area contributed by atoms with E-state index in [4.69, 9.17) is 0 Å². The second-order valence-corrected chi connectivity index (χ2v) is 11.4. The van der Waals surface area contributed by atoms with Crippen molar-refractivity contribution in [1.29, 1.82) is 0 Å². The fourth-order valence-electron chi connectivity index (χ4n) is 3.14. The molecule has 0 bridgehead atoms. The minimum atomic E-state index is -3.90. The number of nitrogens with one attached hydrogen (secondary N) is 1. The molecule has 0 saturated heterocycles. The van der Waals surface area contributed by atoms with Gasteiger partial charge in [0.1, 0.15) is 0 Å². The highest BCUT2D eigenvalue weighted by atomic mass is 32.2. The summed E-state index contributed by atoms with van der Waals surface area (Å²) in [6, 6.07) is 11.4. The van der Waals surface area contributed by atoms with Gasteiger partial charge in [-0.3, -0.25) is 9.20 Å². The van der Waals surface area contributed by atoms with E-state index in [0.717, 1.165) is 0 Å². The maximum absolute atomic E-state index is 13.0. The molecule has 0 spiro atoms. The Balaban J connectivity index is 1.48. The summed E-state index contributed by atoms with van der Waals surface area (Å²) < 4.78 is 51.8. The second-order valence-electron chi connectivity index (χ2n) is 7.19. The Morgan fingerprint density at radius 2 is 1.70 bits per heavy atom. The maximum Gasteiger partial charge on any atom is 0.254 e. The first kappa shape index (κ1) is 22.6. The van der Waals surface area contributed by atoms with Crippen LogP contribution in [0.25, 0.3) is 5.78 Å². The Labute approximate surface area is 191 Å². The lowest BCUT2D eigenvalue weighted by Crippen LogP contribution is -2.23. The van der Waals surface area contributed by atoms with E-state index < -0.39 is 19.7 Å². The first-order valence-corrected chi connectivity index (χ1v) is 13.1. The van der Waals surface area contributed by atoms with Crippen molar-refractivity contribution in [2.24, 2.45) is 0 Å². The number of benzene rings is 2. The van der Waals surface area contributed by atoms with E-state index in [9.17, 15) is 21.6 Å². The van der Waals surface area contributed by atoms with Crippen LogP contribution in [0.5, 0.6) is 0 Å². The molecule has 0 unspecified atom stereocenters. The Morgan fingerprint density at radius 3 is 2.42 bits per heavy atom. The number of hydrogen-bond acceptors (Lipinski definition) is 7. The quantitative estimate of drug-likeness (QED) is 0.426. The summed E-state index contributed by atoms with van der Waals surface area (Å²) in [5, 5.41) is 2.76. The highest BCUT2D eigenvalue weighted by molar-refractivity contribution is 7.92. The molecule has 0 fully saturated rings. The van der Waals surface area contributed by atoms with E-state index in [-0.39, 0.29) is 32.9 Å². The van der Waals surface area contributed by atoms with Gasteiger partial charge in [-0.1, -0.05) is 25.1 Å². The summed E-state index contributed by atoms with van der Waals surface area (Å²) in [6.45, 7) is 1.69. The van der Waals surface area contributed by atoms with Crippen LogP contribution in [-0.4, -0.2) is 42.9 Å². The molecular weight excluding hydrogens is 464 g/mol. The lowest BCUT2D eigenvalue weighted by atomic mass is 10.2. The van der Waals surface area contributed by atoms with Crippen molar-refractivity contribution in [1.82, 2.24) is 19.7 Å². The summed E-state index contributed by atoms with van der Waals surface area (Å²) in [6.07, 6.45) is 6.32. The number of carbonyl (C=O) groups excluding carboxylic acids is 1. The first-order chi connectivity index (χ1) is 15.7. The number of sulfone groups is 2. The van der Waals surface area contributed by atoms with Gasteiger partial charge in [-0.05, 0) is 35.9 Å². The van der Waals surface area contributed by atoms with Gasteiger partial charge >= 0.3 is 0 Å². The van der Waals surface area contributed by atoms with Gasteiger partial charge in [0, 0.05) is 31.3 Å². The van der Waals surface area contributed by atoms with Crippen LogP contribution >= 0.6 is 0 Å². The number of nitrogens with zero attached hydrogens (tertiary/aromatic N) is 3. The van der Waals surface area contributed by atoms with E-state index in [1.165, 1.54) is 49.5 Å². The molecule has 0 radical (unpaired) electrons. The molecule has 0 saturated carbocycles. The predicted molar refractivity (Wildman–Crippen MR) is 120 cm³/mol. The average Bonchev–Trinajstić information content (AvgIpc) is 3.31. The van der Waals surface area contributed by atoms with Crippen molar-refractivity contribution in [2.45, 2.75) is 28.2 Å². The molecule has 0 aliphatic carbocycles. The topological polar surface area (TPSA) is 128 Å². The molecular formula is C22H20N4O5S2. The monoisotopic (exact) mass is 484 g/mol. The predicted octanol–water partition coefficient (Wildman–Crippen LogP) is 2.29. The smallest absolute Gasteiger partial charge is 0.254 e.